The minimum atomic E-state index is -1.92. The number of hydrogen-bond acceptors (Lipinski definition) is 4. The Kier molecular flexibility index (Phi) is 6.91. The van der Waals surface area contributed by atoms with Crippen LogP contribution in [0.25, 0.3) is 0 Å². The normalized spacial score (nSPS) is 20.1. The number of epoxide rings is 1. The molecule has 1 atom stereocenters. The first kappa shape index (κ1) is 17.5. The first-order chi connectivity index (χ1) is 8.70. The average molecular weight is 323 g/mol. The Morgan fingerprint density at radius 2 is 1.84 bits per heavy atom. The molecule has 1 saturated heterocycles. The fourth-order valence-corrected chi connectivity index (χ4v) is 14.2. The molecule has 0 saturated carbocycles. The summed E-state index contributed by atoms with van der Waals surface area (Å²) in [5.74, 6) is 0. The molecule has 1 heterocycles. The highest BCUT2D eigenvalue weighted by Gasteiger charge is 2.34. The maximum Gasteiger partial charge on any atom is 0.310 e. The van der Waals surface area contributed by atoms with Crippen molar-refractivity contribution in [3.8, 4) is 0 Å². The van der Waals surface area contributed by atoms with E-state index in [0.717, 1.165) is 32.3 Å². The maximum absolute atomic E-state index is 6.39. The lowest BCUT2D eigenvalue weighted by molar-refractivity contribution is 0.116. The molecule has 1 aliphatic rings. The van der Waals surface area contributed by atoms with Crippen molar-refractivity contribution in [1.82, 2.24) is 0 Å². The first-order valence-corrected chi connectivity index (χ1v) is 16.0. The molecule has 0 aromatic rings. The molecule has 0 aromatic heterocycles. The topological polar surface area (TPSA) is 40.2 Å². The van der Waals surface area contributed by atoms with E-state index in [1.807, 2.05) is 0 Å². The van der Waals surface area contributed by atoms with E-state index in [2.05, 4.69) is 39.3 Å². The molecule has 0 amide bonds. The Hall–Kier alpha value is 0.491. The first-order valence-electron chi connectivity index (χ1n) is 7.27. The third kappa shape index (κ3) is 9.11. The zero-order valence-corrected chi connectivity index (χ0v) is 16.5. The molecule has 114 valence electrons. The molecule has 1 unspecified atom stereocenters. The fraction of sp³-hybridized carbons (Fsp3) is 1.00. The van der Waals surface area contributed by atoms with E-state index >= 15 is 0 Å². The molecule has 0 bridgehead atoms. The molecular formula is C12H30O4Si3. The largest absolute Gasteiger partial charge is 0.440 e. The SMILES string of the molecule is C[SiH](C)O[Si](C)(C)O[Si](C)(C)CCCOCC1CO1. The van der Waals surface area contributed by atoms with Gasteiger partial charge in [0.2, 0.25) is 0 Å². The van der Waals surface area contributed by atoms with Crippen molar-refractivity contribution in [2.45, 2.75) is 57.9 Å². The van der Waals surface area contributed by atoms with Crippen LogP contribution < -0.4 is 0 Å². The summed E-state index contributed by atoms with van der Waals surface area (Å²) in [4.78, 5) is 0. The van der Waals surface area contributed by atoms with Crippen LogP contribution in [0, 0.1) is 0 Å². The van der Waals surface area contributed by atoms with Gasteiger partial charge in [0.25, 0.3) is 0 Å². The predicted molar refractivity (Wildman–Crippen MR) is 86.0 cm³/mol. The monoisotopic (exact) mass is 322 g/mol. The number of rotatable bonds is 10. The van der Waals surface area contributed by atoms with Crippen molar-refractivity contribution in [3.63, 3.8) is 0 Å². The Bertz CT molecular complexity index is 268. The number of ether oxygens (including phenoxy) is 2. The van der Waals surface area contributed by atoms with Crippen LogP contribution in [0.5, 0.6) is 0 Å². The third-order valence-corrected chi connectivity index (χ3v) is 12.7. The van der Waals surface area contributed by atoms with Crippen LogP contribution in [-0.4, -0.2) is 51.8 Å². The molecule has 0 aliphatic carbocycles. The zero-order valence-electron chi connectivity index (χ0n) is 13.3. The summed E-state index contributed by atoms with van der Waals surface area (Å²) in [6, 6.07) is 1.14. The van der Waals surface area contributed by atoms with Crippen molar-refractivity contribution in [1.29, 1.82) is 0 Å². The molecule has 1 rings (SSSR count). The van der Waals surface area contributed by atoms with Gasteiger partial charge in [-0.2, -0.15) is 0 Å². The van der Waals surface area contributed by atoms with Gasteiger partial charge in [-0.25, -0.2) is 0 Å². The predicted octanol–water partition coefficient (Wildman–Crippen LogP) is 2.72. The molecule has 0 aromatic carbocycles. The molecule has 0 N–H and O–H groups in total. The second kappa shape index (κ2) is 7.49. The molecule has 0 spiro atoms. The van der Waals surface area contributed by atoms with E-state index < -0.39 is 25.9 Å². The van der Waals surface area contributed by atoms with Crippen LogP contribution in [0.15, 0.2) is 0 Å². The second-order valence-electron chi connectivity index (χ2n) is 6.56. The second-order valence-corrected chi connectivity index (χ2v) is 17.2. The van der Waals surface area contributed by atoms with Crippen LogP contribution in [-0.2, 0) is 17.7 Å². The molecular weight excluding hydrogens is 292 g/mol. The van der Waals surface area contributed by atoms with Gasteiger partial charge in [-0.05, 0) is 51.7 Å². The summed E-state index contributed by atoms with van der Waals surface area (Å²) in [6.07, 6.45) is 1.45. The van der Waals surface area contributed by atoms with Gasteiger partial charge in [-0.15, -0.1) is 0 Å². The van der Waals surface area contributed by atoms with Gasteiger partial charge in [-0.1, -0.05) is 0 Å². The summed E-state index contributed by atoms with van der Waals surface area (Å²) < 4.78 is 23.2. The molecule has 19 heavy (non-hydrogen) atoms. The van der Waals surface area contributed by atoms with E-state index in [4.69, 9.17) is 17.7 Å². The summed E-state index contributed by atoms with van der Waals surface area (Å²) in [5, 5.41) is 0. The molecule has 7 heteroatoms. The van der Waals surface area contributed by atoms with Crippen LogP contribution in [0.2, 0.25) is 45.3 Å². The highest BCUT2D eigenvalue weighted by molar-refractivity contribution is 6.84. The summed E-state index contributed by atoms with van der Waals surface area (Å²) >= 11 is 0. The molecule has 4 nitrogen and oxygen atoms in total. The Morgan fingerprint density at radius 1 is 1.21 bits per heavy atom. The molecule has 1 fully saturated rings. The van der Waals surface area contributed by atoms with E-state index in [0.29, 0.717) is 6.10 Å². The van der Waals surface area contributed by atoms with Crippen molar-refractivity contribution in [2.24, 2.45) is 0 Å². The van der Waals surface area contributed by atoms with E-state index in [-0.39, 0.29) is 0 Å². The minimum absolute atomic E-state index is 0.372. The van der Waals surface area contributed by atoms with Crippen LogP contribution in [0.4, 0.5) is 0 Å². The highest BCUT2D eigenvalue weighted by Crippen LogP contribution is 2.21. The lowest BCUT2D eigenvalue weighted by atomic mass is 10.5. The minimum Gasteiger partial charge on any atom is -0.440 e. The Morgan fingerprint density at radius 3 is 2.37 bits per heavy atom. The lowest BCUT2D eigenvalue weighted by Crippen LogP contribution is -2.48. The van der Waals surface area contributed by atoms with Crippen LogP contribution in [0.3, 0.4) is 0 Å². The van der Waals surface area contributed by atoms with E-state index in [1.165, 1.54) is 0 Å². The standard InChI is InChI=1S/C12H30O4Si3/c1-17(2)15-19(5,6)16-18(3,4)9-7-8-13-10-12-11-14-12/h12,17H,7-11H2,1-6H3. The zero-order chi connectivity index (χ0) is 14.5. The van der Waals surface area contributed by atoms with Crippen molar-refractivity contribution in [2.75, 3.05) is 19.8 Å². The van der Waals surface area contributed by atoms with Crippen molar-refractivity contribution < 1.29 is 17.7 Å². The van der Waals surface area contributed by atoms with Gasteiger partial charge in [0.15, 0.2) is 17.4 Å². The van der Waals surface area contributed by atoms with E-state index in [9.17, 15) is 0 Å². The van der Waals surface area contributed by atoms with Crippen LogP contribution in [0.1, 0.15) is 6.42 Å². The summed E-state index contributed by atoms with van der Waals surface area (Å²) in [6.45, 7) is 15.8. The summed E-state index contributed by atoms with van der Waals surface area (Å²) in [7, 11) is -4.54. The van der Waals surface area contributed by atoms with Crippen molar-refractivity contribution in [3.05, 3.63) is 0 Å². The van der Waals surface area contributed by atoms with Gasteiger partial charge >= 0.3 is 8.56 Å². The van der Waals surface area contributed by atoms with Gasteiger partial charge in [0.1, 0.15) is 6.10 Å². The van der Waals surface area contributed by atoms with Gasteiger partial charge in [0.05, 0.1) is 13.2 Å². The number of hydrogen-bond donors (Lipinski definition) is 0. The lowest BCUT2D eigenvalue weighted by Gasteiger charge is -2.34. The highest BCUT2D eigenvalue weighted by atomic mass is 28.5. The van der Waals surface area contributed by atoms with Gasteiger partial charge in [-0.3, -0.25) is 0 Å². The van der Waals surface area contributed by atoms with E-state index in [1.54, 1.807) is 0 Å². The van der Waals surface area contributed by atoms with Gasteiger partial charge < -0.3 is 17.7 Å². The Balaban J connectivity index is 2.17. The smallest absolute Gasteiger partial charge is 0.310 e. The molecule has 0 radical (unpaired) electrons. The average Bonchev–Trinajstić information content (AvgIpc) is 2.96. The van der Waals surface area contributed by atoms with Gasteiger partial charge in [0, 0.05) is 6.61 Å². The maximum atomic E-state index is 6.39. The fourth-order valence-electron chi connectivity index (χ4n) is 2.29. The molecule has 1 aliphatic heterocycles. The van der Waals surface area contributed by atoms with Crippen molar-refractivity contribution >= 4 is 25.9 Å². The third-order valence-electron chi connectivity index (χ3n) is 2.82. The summed E-state index contributed by atoms with van der Waals surface area (Å²) in [5.41, 5.74) is 0. The quantitative estimate of drug-likeness (QED) is 0.352. The Labute approximate surface area is 121 Å². The van der Waals surface area contributed by atoms with Crippen LogP contribution >= 0.6 is 0 Å².